The van der Waals surface area contributed by atoms with Crippen LogP contribution in [0.1, 0.15) is 22.8 Å². The Bertz CT molecular complexity index is 1270. The number of hydrogen-bond donors (Lipinski definition) is 3. The maximum absolute atomic E-state index is 12.8. The maximum Gasteiger partial charge on any atom is 0.338 e. The summed E-state index contributed by atoms with van der Waals surface area (Å²) in [6.45, 7) is 3.50. The summed E-state index contributed by atoms with van der Waals surface area (Å²) in [5, 5.41) is 0. The van der Waals surface area contributed by atoms with Crippen LogP contribution in [-0.2, 0) is 14.8 Å². The SMILES string of the molecule is CCOC(=O)c1ccc(NS(=O)(=O)c2cc3[nH]c(=O)c(=O)[nH]c3cc2C)cc1. The molecule has 0 saturated heterocycles. The van der Waals surface area contributed by atoms with Gasteiger partial charge >= 0.3 is 17.1 Å². The molecule has 0 spiro atoms. The first-order valence-electron chi connectivity index (χ1n) is 8.28. The number of hydrogen-bond acceptors (Lipinski definition) is 6. The number of aromatic nitrogens is 2. The minimum absolute atomic E-state index is 0.0582. The van der Waals surface area contributed by atoms with Gasteiger partial charge in [0.1, 0.15) is 0 Å². The smallest absolute Gasteiger partial charge is 0.338 e. The van der Waals surface area contributed by atoms with Crippen molar-refractivity contribution in [3.63, 3.8) is 0 Å². The van der Waals surface area contributed by atoms with Gasteiger partial charge in [-0.15, -0.1) is 0 Å². The highest BCUT2D eigenvalue weighted by molar-refractivity contribution is 7.92. The van der Waals surface area contributed by atoms with E-state index in [-0.39, 0.29) is 22.7 Å². The van der Waals surface area contributed by atoms with Crippen LogP contribution in [-0.4, -0.2) is 31.0 Å². The summed E-state index contributed by atoms with van der Waals surface area (Å²) in [5.74, 6) is -0.500. The van der Waals surface area contributed by atoms with E-state index in [0.717, 1.165) is 0 Å². The first kappa shape index (κ1) is 19.4. The predicted octanol–water partition coefficient (Wildman–Crippen LogP) is 1.50. The molecule has 28 heavy (non-hydrogen) atoms. The van der Waals surface area contributed by atoms with Gasteiger partial charge in [0, 0.05) is 5.69 Å². The minimum atomic E-state index is -3.98. The molecule has 0 bridgehead atoms. The number of sulfonamides is 1. The van der Waals surface area contributed by atoms with E-state index in [2.05, 4.69) is 14.7 Å². The summed E-state index contributed by atoms with van der Waals surface area (Å²) in [6, 6.07) is 8.53. The number of esters is 1. The van der Waals surface area contributed by atoms with Crippen molar-refractivity contribution in [2.45, 2.75) is 18.7 Å². The van der Waals surface area contributed by atoms with Crippen molar-refractivity contribution in [1.29, 1.82) is 0 Å². The van der Waals surface area contributed by atoms with Crippen LogP contribution >= 0.6 is 0 Å². The second kappa shape index (κ2) is 7.31. The average molecular weight is 403 g/mol. The Hall–Kier alpha value is -3.40. The van der Waals surface area contributed by atoms with Crippen LogP contribution in [0.25, 0.3) is 11.0 Å². The van der Waals surface area contributed by atoms with Crippen LogP contribution in [0.4, 0.5) is 5.69 Å². The molecule has 146 valence electrons. The van der Waals surface area contributed by atoms with Crippen LogP contribution in [0.15, 0.2) is 50.9 Å². The van der Waals surface area contributed by atoms with E-state index in [0.29, 0.717) is 16.6 Å². The van der Waals surface area contributed by atoms with Crippen molar-refractivity contribution in [3.8, 4) is 0 Å². The molecule has 2 aromatic carbocycles. The monoisotopic (exact) mass is 403 g/mol. The molecule has 3 N–H and O–H groups in total. The van der Waals surface area contributed by atoms with Crippen LogP contribution in [0.5, 0.6) is 0 Å². The predicted molar refractivity (Wildman–Crippen MR) is 103 cm³/mol. The lowest BCUT2D eigenvalue weighted by Gasteiger charge is -2.12. The van der Waals surface area contributed by atoms with E-state index in [9.17, 15) is 22.8 Å². The van der Waals surface area contributed by atoms with E-state index in [1.165, 1.54) is 36.4 Å². The van der Waals surface area contributed by atoms with Gasteiger partial charge in [0.25, 0.3) is 10.0 Å². The summed E-state index contributed by atoms with van der Waals surface area (Å²) in [5.41, 5.74) is -0.251. The van der Waals surface area contributed by atoms with Crippen LogP contribution in [0, 0.1) is 6.92 Å². The summed E-state index contributed by atoms with van der Waals surface area (Å²) in [7, 11) is -3.98. The maximum atomic E-state index is 12.8. The van der Waals surface area contributed by atoms with Crippen LogP contribution in [0.3, 0.4) is 0 Å². The number of nitrogens with one attached hydrogen (secondary N) is 3. The highest BCUT2D eigenvalue weighted by Gasteiger charge is 2.19. The quantitative estimate of drug-likeness (QED) is 0.436. The van der Waals surface area contributed by atoms with Gasteiger partial charge in [-0.1, -0.05) is 0 Å². The van der Waals surface area contributed by atoms with Gasteiger partial charge in [-0.2, -0.15) is 0 Å². The third-order valence-corrected chi connectivity index (χ3v) is 5.48. The van der Waals surface area contributed by atoms with Crippen molar-refractivity contribution in [2.24, 2.45) is 0 Å². The highest BCUT2D eigenvalue weighted by Crippen LogP contribution is 2.23. The number of carbonyl (C=O) groups is 1. The molecule has 3 aromatic rings. The molecule has 0 fully saturated rings. The number of rotatable bonds is 5. The van der Waals surface area contributed by atoms with Crippen LogP contribution in [0.2, 0.25) is 0 Å². The molecule has 1 aromatic heterocycles. The average Bonchev–Trinajstić information content (AvgIpc) is 2.63. The van der Waals surface area contributed by atoms with Gasteiger partial charge in [0.15, 0.2) is 0 Å². The van der Waals surface area contributed by atoms with Gasteiger partial charge in [0.2, 0.25) is 0 Å². The standard InChI is InChI=1S/C18H17N3O6S/c1-3-27-18(24)11-4-6-12(7-5-11)21-28(25,26)15-9-14-13(8-10(15)2)19-16(22)17(23)20-14/h4-9,21H,3H2,1-2H3,(H,19,22)(H,20,23). The van der Waals surface area contributed by atoms with E-state index < -0.39 is 27.1 Å². The molecule has 1 heterocycles. The molecule has 0 aliphatic carbocycles. The molecule has 0 saturated carbocycles. The molecular weight excluding hydrogens is 386 g/mol. The molecule has 0 aliphatic heterocycles. The van der Waals surface area contributed by atoms with Gasteiger partial charge < -0.3 is 14.7 Å². The lowest BCUT2D eigenvalue weighted by atomic mass is 10.2. The molecular formula is C18H17N3O6S. The zero-order valence-corrected chi connectivity index (χ0v) is 15.8. The number of carbonyl (C=O) groups excluding carboxylic acids is 1. The Morgan fingerprint density at radius 2 is 1.61 bits per heavy atom. The minimum Gasteiger partial charge on any atom is -0.462 e. The summed E-state index contributed by atoms with van der Waals surface area (Å²) in [4.78, 5) is 39.3. The van der Waals surface area contributed by atoms with Crippen molar-refractivity contribution in [2.75, 3.05) is 11.3 Å². The van der Waals surface area contributed by atoms with Crippen molar-refractivity contribution in [1.82, 2.24) is 9.97 Å². The van der Waals surface area contributed by atoms with Crippen molar-refractivity contribution >= 4 is 32.7 Å². The van der Waals surface area contributed by atoms with Gasteiger partial charge in [-0.25, -0.2) is 13.2 Å². The van der Waals surface area contributed by atoms with Gasteiger partial charge in [-0.05, 0) is 55.8 Å². The lowest BCUT2D eigenvalue weighted by molar-refractivity contribution is 0.0526. The lowest BCUT2D eigenvalue weighted by Crippen LogP contribution is -2.29. The second-order valence-electron chi connectivity index (χ2n) is 5.97. The molecule has 0 amide bonds. The fourth-order valence-corrected chi connectivity index (χ4v) is 3.95. The number of benzene rings is 2. The molecule has 0 unspecified atom stereocenters. The summed E-state index contributed by atoms with van der Waals surface area (Å²) >= 11 is 0. The zero-order valence-electron chi connectivity index (χ0n) is 15.0. The molecule has 3 rings (SSSR count). The first-order valence-corrected chi connectivity index (χ1v) is 9.76. The number of fused-ring (bicyclic) bond motifs is 1. The Balaban J connectivity index is 1.95. The Morgan fingerprint density at radius 1 is 1.04 bits per heavy atom. The normalized spacial score (nSPS) is 11.4. The fourth-order valence-electron chi connectivity index (χ4n) is 2.64. The molecule has 0 aliphatic rings. The number of anilines is 1. The highest BCUT2D eigenvalue weighted by atomic mass is 32.2. The topological polar surface area (TPSA) is 138 Å². The number of aryl methyl sites for hydroxylation is 1. The zero-order chi connectivity index (χ0) is 20.5. The third kappa shape index (κ3) is 3.81. The molecule has 0 atom stereocenters. The number of H-pyrrole nitrogens is 2. The molecule has 9 nitrogen and oxygen atoms in total. The molecule has 0 radical (unpaired) electrons. The Kier molecular flexibility index (Phi) is 5.06. The second-order valence-corrected chi connectivity index (χ2v) is 7.63. The van der Waals surface area contributed by atoms with E-state index in [1.54, 1.807) is 13.8 Å². The van der Waals surface area contributed by atoms with Gasteiger partial charge in [-0.3, -0.25) is 14.3 Å². The summed E-state index contributed by atoms with van der Waals surface area (Å²) < 4.78 is 32.8. The van der Waals surface area contributed by atoms with Crippen molar-refractivity contribution in [3.05, 3.63) is 68.2 Å². The van der Waals surface area contributed by atoms with Crippen LogP contribution < -0.4 is 15.8 Å². The van der Waals surface area contributed by atoms with E-state index >= 15 is 0 Å². The largest absolute Gasteiger partial charge is 0.462 e. The third-order valence-electron chi connectivity index (χ3n) is 3.96. The van der Waals surface area contributed by atoms with Crippen molar-refractivity contribution < 1.29 is 17.9 Å². The fraction of sp³-hybridized carbons (Fsp3) is 0.167. The number of aromatic amines is 2. The van der Waals surface area contributed by atoms with Gasteiger partial charge in [0.05, 0.1) is 28.1 Å². The number of ether oxygens (including phenoxy) is 1. The Morgan fingerprint density at radius 3 is 2.18 bits per heavy atom. The first-order chi connectivity index (χ1) is 13.2. The summed E-state index contributed by atoms with van der Waals surface area (Å²) in [6.07, 6.45) is 0. The Labute approximate surface area is 159 Å². The van der Waals surface area contributed by atoms with E-state index in [1.807, 2.05) is 0 Å². The molecule has 10 heteroatoms. The van der Waals surface area contributed by atoms with E-state index in [4.69, 9.17) is 4.74 Å².